The van der Waals surface area contributed by atoms with Crippen molar-refractivity contribution >= 4 is 41.3 Å². The third-order valence-corrected chi connectivity index (χ3v) is 3.81. The van der Waals surface area contributed by atoms with Crippen molar-refractivity contribution in [3.8, 4) is 0 Å². The first-order valence-corrected chi connectivity index (χ1v) is 7.38. The summed E-state index contributed by atoms with van der Waals surface area (Å²) in [6, 6.07) is 10.9. The summed E-state index contributed by atoms with van der Waals surface area (Å²) >= 11 is 1.74. The maximum absolute atomic E-state index is 13.5. The van der Waals surface area contributed by atoms with Crippen LogP contribution in [0, 0.1) is 5.82 Å². The maximum Gasteiger partial charge on any atom is 0.191 e. The summed E-state index contributed by atoms with van der Waals surface area (Å²) in [7, 11) is 1.71. The fourth-order valence-electron chi connectivity index (χ4n) is 1.80. The van der Waals surface area contributed by atoms with E-state index >= 15 is 0 Å². The van der Waals surface area contributed by atoms with Crippen molar-refractivity contribution in [2.75, 3.05) is 13.6 Å². The molecular weight excluding hydrogens is 400 g/mol. The fraction of sp³-hybridized carbons (Fsp3) is 0.267. The molecule has 0 aliphatic carbocycles. The molecule has 0 spiro atoms. The quantitative estimate of drug-likeness (QED) is 0.443. The first kappa shape index (κ1) is 17.9. The summed E-state index contributed by atoms with van der Waals surface area (Å²) in [6.45, 7) is 1.23. The van der Waals surface area contributed by atoms with Gasteiger partial charge in [0.15, 0.2) is 5.96 Å². The molecule has 114 valence electrons. The molecule has 3 nitrogen and oxygen atoms in total. The van der Waals surface area contributed by atoms with Crippen LogP contribution in [0.3, 0.4) is 0 Å². The Morgan fingerprint density at radius 1 is 1.19 bits per heavy atom. The number of rotatable bonds is 5. The van der Waals surface area contributed by atoms with E-state index in [9.17, 15) is 4.39 Å². The average molecular weight is 419 g/mol. The number of halogens is 2. The average Bonchev–Trinajstić information content (AvgIpc) is 2.97. The van der Waals surface area contributed by atoms with Crippen LogP contribution >= 0.6 is 35.3 Å². The largest absolute Gasteiger partial charge is 0.356 e. The third kappa shape index (κ3) is 6.01. The van der Waals surface area contributed by atoms with E-state index in [2.05, 4.69) is 27.1 Å². The van der Waals surface area contributed by atoms with Gasteiger partial charge in [0.2, 0.25) is 0 Å². The van der Waals surface area contributed by atoms with Crippen LogP contribution in [0.2, 0.25) is 0 Å². The van der Waals surface area contributed by atoms with E-state index in [1.165, 1.54) is 10.9 Å². The van der Waals surface area contributed by atoms with E-state index in [1.807, 2.05) is 12.1 Å². The van der Waals surface area contributed by atoms with Crippen LogP contribution in [0.25, 0.3) is 0 Å². The molecule has 6 heteroatoms. The summed E-state index contributed by atoms with van der Waals surface area (Å²) in [5.41, 5.74) is 0.633. The molecule has 0 saturated heterocycles. The van der Waals surface area contributed by atoms with Crippen LogP contribution in [0.1, 0.15) is 10.4 Å². The van der Waals surface area contributed by atoms with E-state index in [-0.39, 0.29) is 29.8 Å². The standard InChI is InChI=1S/C15H18FN3S.HI/c1-17-15(18-9-8-13-6-4-10-20-13)19-11-12-5-2-3-7-14(12)16;/h2-7,10H,8-9,11H2,1H3,(H2,17,18,19);1H. The van der Waals surface area contributed by atoms with Crippen molar-refractivity contribution in [3.05, 3.63) is 58.0 Å². The minimum Gasteiger partial charge on any atom is -0.356 e. The Labute approximate surface area is 145 Å². The van der Waals surface area contributed by atoms with Gasteiger partial charge in [-0.25, -0.2) is 4.39 Å². The number of thiophene rings is 1. The van der Waals surface area contributed by atoms with Crippen LogP contribution in [0.5, 0.6) is 0 Å². The molecule has 0 radical (unpaired) electrons. The molecule has 2 N–H and O–H groups in total. The number of guanidine groups is 1. The number of hydrogen-bond donors (Lipinski definition) is 2. The molecule has 0 aliphatic rings. The monoisotopic (exact) mass is 419 g/mol. The molecular formula is C15H19FIN3S. The molecule has 0 fully saturated rings. The van der Waals surface area contributed by atoms with E-state index in [1.54, 1.807) is 30.5 Å². The predicted octanol–water partition coefficient (Wildman–Crippen LogP) is 3.41. The highest BCUT2D eigenvalue weighted by atomic mass is 127. The van der Waals surface area contributed by atoms with Gasteiger partial charge in [0.25, 0.3) is 0 Å². The first-order valence-electron chi connectivity index (χ1n) is 6.50. The Hall–Kier alpha value is -1.15. The van der Waals surface area contributed by atoms with E-state index in [0.717, 1.165) is 13.0 Å². The van der Waals surface area contributed by atoms with Gasteiger partial charge in [-0.2, -0.15) is 0 Å². The highest BCUT2D eigenvalue weighted by molar-refractivity contribution is 14.0. The topological polar surface area (TPSA) is 36.4 Å². The molecule has 0 atom stereocenters. The Bertz CT molecular complexity index is 558. The van der Waals surface area contributed by atoms with Gasteiger partial charge in [-0.1, -0.05) is 24.3 Å². The van der Waals surface area contributed by atoms with Gasteiger partial charge in [0.05, 0.1) is 0 Å². The molecule has 0 amide bonds. The van der Waals surface area contributed by atoms with E-state index in [4.69, 9.17) is 0 Å². The zero-order valence-electron chi connectivity index (χ0n) is 11.8. The Morgan fingerprint density at radius 2 is 2.00 bits per heavy atom. The van der Waals surface area contributed by atoms with Crippen LogP contribution in [0.4, 0.5) is 4.39 Å². The van der Waals surface area contributed by atoms with Gasteiger partial charge in [-0.05, 0) is 23.9 Å². The van der Waals surface area contributed by atoms with Gasteiger partial charge in [0.1, 0.15) is 5.82 Å². The van der Waals surface area contributed by atoms with Gasteiger partial charge in [-0.3, -0.25) is 4.99 Å². The van der Waals surface area contributed by atoms with Crippen molar-refractivity contribution in [2.24, 2.45) is 4.99 Å². The van der Waals surface area contributed by atoms with Crippen LogP contribution < -0.4 is 10.6 Å². The van der Waals surface area contributed by atoms with E-state index in [0.29, 0.717) is 18.1 Å². The van der Waals surface area contributed by atoms with Crippen molar-refractivity contribution in [1.82, 2.24) is 10.6 Å². The molecule has 1 aromatic carbocycles. The zero-order valence-corrected chi connectivity index (χ0v) is 15.0. The minimum atomic E-state index is -0.200. The van der Waals surface area contributed by atoms with Crippen LogP contribution in [0.15, 0.2) is 46.8 Å². The number of nitrogens with zero attached hydrogens (tertiary/aromatic N) is 1. The second-order valence-corrected chi connectivity index (χ2v) is 5.31. The zero-order chi connectivity index (χ0) is 14.2. The Balaban J connectivity index is 0.00000220. The molecule has 21 heavy (non-hydrogen) atoms. The molecule has 0 bridgehead atoms. The second kappa shape index (κ2) is 9.73. The lowest BCUT2D eigenvalue weighted by Gasteiger charge is -2.11. The van der Waals surface area contributed by atoms with Crippen molar-refractivity contribution in [2.45, 2.75) is 13.0 Å². The summed E-state index contributed by atoms with van der Waals surface area (Å²) in [5.74, 6) is 0.485. The number of aliphatic imine (C=N–C) groups is 1. The predicted molar refractivity (Wildman–Crippen MR) is 98.0 cm³/mol. The molecule has 0 aliphatic heterocycles. The van der Waals surface area contributed by atoms with Gasteiger partial charge in [0, 0.05) is 30.6 Å². The van der Waals surface area contributed by atoms with Gasteiger partial charge >= 0.3 is 0 Å². The lowest BCUT2D eigenvalue weighted by atomic mass is 10.2. The van der Waals surface area contributed by atoms with Crippen LogP contribution in [-0.4, -0.2) is 19.6 Å². The molecule has 2 aromatic rings. The van der Waals surface area contributed by atoms with Gasteiger partial charge < -0.3 is 10.6 Å². The number of nitrogens with one attached hydrogen (secondary N) is 2. The fourth-order valence-corrected chi connectivity index (χ4v) is 2.51. The normalized spacial score (nSPS) is 10.9. The number of benzene rings is 1. The molecule has 1 heterocycles. The second-order valence-electron chi connectivity index (χ2n) is 4.27. The Kier molecular flexibility index (Phi) is 8.29. The minimum absolute atomic E-state index is 0. The van der Waals surface area contributed by atoms with Gasteiger partial charge in [-0.15, -0.1) is 35.3 Å². The maximum atomic E-state index is 13.5. The summed E-state index contributed by atoms with van der Waals surface area (Å²) in [6.07, 6.45) is 0.956. The Morgan fingerprint density at radius 3 is 2.67 bits per heavy atom. The molecule has 2 rings (SSSR count). The lowest BCUT2D eigenvalue weighted by molar-refractivity contribution is 0.604. The molecule has 0 unspecified atom stereocenters. The van der Waals surface area contributed by atoms with Crippen molar-refractivity contribution < 1.29 is 4.39 Å². The summed E-state index contributed by atoms with van der Waals surface area (Å²) < 4.78 is 13.5. The lowest BCUT2D eigenvalue weighted by Crippen LogP contribution is -2.37. The highest BCUT2D eigenvalue weighted by Crippen LogP contribution is 2.08. The summed E-state index contributed by atoms with van der Waals surface area (Å²) in [5, 5.41) is 8.40. The van der Waals surface area contributed by atoms with Crippen LogP contribution in [-0.2, 0) is 13.0 Å². The van der Waals surface area contributed by atoms with E-state index < -0.39 is 0 Å². The van der Waals surface area contributed by atoms with Crippen molar-refractivity contribution in [1.29, 1.82) is 0 Å². The summed E-state index contributed by atoms with van der Waals surface area (Å²) in [4.78, 5) is 5.46. The SMILES string of the molecule is CN=C(NCCc1cccs1)NCc1ccccc1F.I. The molecule has 0 saturated carbocycles. The highest BCUT2D eigenvalue weighted by Gasteiger charge is 2.02. The molecule has 1 aromatic heterocycles. The third-order valence-electron chi connectivity index (χ3n) is 2.87. The first-order chi connectivity index (χ1) is 9.79. The van der Waals surface area contributed by atoms with Crippen molar-refractivity contribution in [3.63, 3.8) is 0 Å². The number of hydrogen-bond acceptors (Lipinski definition) is 2. The smallest absolute Gasteiger partial charge is 0.191 e.